The summed E-state index contributed by atoms with van der Waals surface area (Å²) in [4.78, 5) is 21.5. The van der Waals surface area contributed by atoms with Gasteiger partial charge in [0.25, 0.3) is 0 Å². The maximum atomic E-state index is 12.7. The number of aromatic nitrogens is 1. The second-order valence-corrected chi connectivity index (χ2v) is 8.68. The first kappa shape index (κ1) is 20.3. The van der Waals surface area contributed by atoms with E-state index in [1.165, 1.54) is 44.3 Å². The van der Waals surface area contributed by atoms with Gasteiger partial charge in [0.15, 0.2) is 0 Å². The molecule has 1 aromatic heterocycles. The van der Waals surface area contributed by atoms with Gasteiger partial charge in [-0.2, -0.15) is 0 Å². The highest BCUT2D eigenvalue weighted by molar-refractivity contribution is 5.82. The molecule has 0 radical (unpaired) electrons. The van der Waals surface area contributed by atoms with Crippen LogP contribution in [0.1, 0.15) is 44.1 Å². The van der Waals surface area contributed by atoms with Crippen molar-refractivity contribution in [3.63, 3.8) is 0 Å². The van der Waals surface area contributed by atoms with Crippen molar-refractivity contribution in [3.8, 4) is 0 Å². The topological polar surface area (TPSA) is 56.7 Å². The highest BCUT2D eigenvalue weighted by atomic mass is 16.3. The lowest BCUT2D eigenvalue weighted by Crippen LogP contribution is -2.31. The molecule has 2 atom stereocenters. The summed E-state index contributed by atoms with van der Waals surface area (Å²) in [5.41, 5.74) is 2.19. The van der Waals surface area contributed by atoms with Gasteiger partial charge in [0.2, 0.25) is 5.91 Å². The van der Waals surface area contributed by atoms with Crippen molar-refractivity contribution in [1.82, 2.24) is 14.8 Å². The molecule has 0 aliphatic carbocycles. The Morgan fingerprint density at radius 1 is 1.07 bits per heavy atom. The van der Waals surface area contributed by atoms with Gasteiger partial charge in [-0.05, 0) is 63.0 Å². The predicted octanol–water partition coefficient (Wildman–Crippen LogP) is 3.25. The number of rotatable bonds is 6. The van der Waals surface area contributed by atoms with Crippen molar-refractivity contribution < 1.29 is 9.90 Å². The number of carbonyl (C=O) groups excluding carboxylic acids is 1. The minimum atomic E-state index is -0.448. The van der Waals surface area contributed by atoms with E-state index in [0.29, 0.717) is 19.5 Å². The number of aliphatic hydroxyl groups is 1. The van der Waals surface area contributed by atoms with E-state index in [0.717, 1.165) is 30.3 Å². The van der Waals surface area contributed by atoms with Crippen LogP contribution in [0.4, 0.5) is 0 Å². The van der Waals surface area contributed by atoms with Crippen molar-refractivity contribution in [2.75, 3.05) is 32.7 Å². The van der Waals surface area contributed by atoms with E-state index in [1.807, 2.05) is 35.4 Å². The highest BCUT2D eigenvalue weighted by Gasteiger charge is 2.34. The SMILES string of the molecule is O=C(CCCN1CCCCCC1)N1C[C@@H](Cc2ccnc3ccccc23)[C@@H](O)C1. The summed E-state index contributed by atoms with van der Waals surface area (Å²) in [7, 11) is 0. The van der Waals surface area contributed by atoms with Crippen LogP contribution in [0.3, 0.4) is 0 Å². The van der Waals surface area contributed by atoms with Crippen LogP contribution >= 0.6 is 0 Å². The molecule has 4 rings (SSSR count). The van der Waals surface area contributed by atoms with E-state index in [-0.39, 0.29) is 11.8 Å². The van der Waals surface area contributed by atoms with Crippen LogP contribution in [0.25, 0.3) is 10.9 Å². The van der Waals surface area contributed by atoms with Crippen molar-refractivity contribution in [3.05, 3.63) is 42.1 Å². The summed E-state index contributed by atoms with van der Waals surface area (Å²) in [6, 6.07) is 10.2. The van der Waals surface area contributed by atoms with Gasteiger partial charge in [0.1, 0.15) is 0 Å². The number of β-amino-alcohol motifs (C(OH)–C–C–N with tert-alkyl or cyclic N) is 1. The van der Waals surface area contributed by atoms with Crippen molar-refractivity contribution in [1.29, 1.82) is 0 Å². The number of likely N-dealkylation sites (tertiary alicyclic amines) is 2. The van der Waals surface area contributed by atoms with Gasteiger partial charge >= 0.3 is 0 Å². The molecule has 2 fully saturated rings. The molecule has 156 valence electrons. The van der Waals surface area contributed by atoms with Crippen LogP contribution in [0.2, 0.25) is 0 Å². The molecule has 1 amide bonds. The number of aliphatic hydroxyl groups excluding tert-OH is 1. The van der Waals surface area contributed by atoms with Crippen LogP contribution in [0.15, 0.2) is 36.5 Å². The molecule has 2 aliphatic rings. The maximum absolute atomic E-state index is 12.7. The first-order valence-electron chi connectivity index (χ1n) is 11.2. The first-order chi connectivity index (χ1) is 14.2. The Morgan fingerprint density at radius 2 is 1.86 bits per heavy atom. The number of nitrogens with zero attached hydrogens (tertiary/aromatic N) is 3. The summed E-state index contributed by atoms with van der Waals surface area (Å²) >= 11 is 0. The molecule has 1 aromatic carbocycles. The second kappa shape index (κ2) is 9.68. The molecule has 1 N–H and O–H groups in total. The quantitative estimate of drug-likeness (QED) is 0.816. The molecule has 5 heteroatoms. The van der Waals surface area contributed by atoms with Gasteiger partial charge in [-0.3, -0.25) is 9.78 Å². The summed E-state index contributed by atoms with van der Waals surface area (Å²) in [6.45, 7) is 4.50. The largest absolute Gasteiger partial charge is 0.391 e. The number of hydrogen-bond donors (Lipinski definition) is 1. The Balaban J connectivity index is 1.29. The average Bonchev–Trinajstić information content (AvgIpc) is 2.92. The number of amides is 1. The molecule has 2 aromatic rings. The number of para-hydroxylation sites is 1. The van der Waals surface area contributed by atoms with E-state index >= 15 is 0 Å². The van der Waals surface area contributed by atoms with E-state index < -0.39 is 6.10 Å². The maximum Gasteiger partial charge on any atom is 0.222 e. The van der Waals surface area contributed by atoms with Gasteiger partial charge in [0, 0.05) is 37.0 Å². The molecule has 5 nitrogen and oxygen atoms in total. The monoisotopic (exact) mass is 395 g/mol. The lowest BCUT2D eigenvalue weighted by Gasteiger charge is -2.21. The second-order valence-electron chi connectivity index (χ2n) is 8.68. The zero-order valence-electron chi connectivity index (χ0n) is 17.3. The minimum Gasteiger partial charge on any atom is -0.391 e. The molecular formula is C24H33N3O2. The molecule has 0 bridgehead atoms. The lowest BCUT2D eigenvalue weighted by molar-refractivity contribution is -0.130. The number of fused-ring (bicyclic) bond motifs is 1. The molecule has 2 aliphatic heterocycles. The van der Waals surface area contributed by atoms with Crippen LogP contribution < -0.4 is 0 Å². The Labute approximate surface area is 173 Å². The van der Waals surface area contributed by atoms with Crippen molar-refractivity contribution in [2.24, 2.45) is 5.92 Å². The summed E-state index contributed by atoms with van der Waals surface area (Å²) in [5, 5.41) is 11.7. The summed E-state index contributed by atoms with van der Waals surface area (Å²) in [6.07, 6.45) is 8.95. The van der Waals surface area contributed by atoms with Gasteiger partial charge < -0.3 is 14.9 Å². The molecule has 0 spiro atoms. The van der Waals surface area contributed by atoms with Gasteiger partial charge in [0.05, 0.1) is 11.6 Å². The molecule has 0 saturated carbocycles. The fraction of sp³-hybridized carbons (Fsp3) is 0.583. The molecule has 0 unspecified atom stereocenters. The van der Waals surface area contributed by atoms with Gasteiger partial charge in [-0.1, -0.05) is 31.0 Å². The summed E-state index contributed by atoms with van der Waals surface area (Å²) < 4.78 is 0. The van der Waals surface area contributed by atoms with E-state index in [9.17, 15) is 9.90 Å². The normalized spacial score (nSPS) is 23.4. The van der Waals surface area contributed by atoms with Crippen molar-refractivity contribution in [2.45, 2.75) is 51.0 Å². The smallest absolute Gasteiger partial charge is 0.222 e. The highest BCUT2D eigenvalue weighted by Crippen LogP contribution is 2.26. The molecule has 3 heterocycles. The zero-order chi connectivity index (χ0) is 20.1. The Bertz CT molecular complexity index is 811. The van der Waals surface area contributed by atoms with Crippen LogP contribution in [-0.4, -0.2) is 64.6 Å². The van der Waals surface area contributed by atoms with Crippen LogP contribution in [0.5, 0.6) is 0 Å². The zero-order valence-corrected chi connectivity index (χ0v) is 17.3. The Morgan fingerprint density at radius 3 is 2.69 bits per heavy atom. The van der Waals surface area contributed by atoms with Crippen molar-refractivity contribution >= 4 is 16.8 Å². The molecule has 2 saturated heterocycles. The van der Waals surface area contributed by atoms with Gasteiger partial charge in [-0.15, -0.1) is 0 Å². The summed E-state index contributed by atoms with van der Waals surface area (Å²) in [5.74, 6) is 0.288. The third-order valence-corrected chi connectivity index (χ3v) is 6.54. The number of pyridine rings is 1. The first-order valence-corrected chi connectivity index (χ1v) is 11.2. The van der Waals surface area contributed by atoms with E-state index in [2.05, 4.69) is 16.0 Å². The van der Waals surface area contributed by atoms with E-state index in [1.54, 1.807) is 0 Å². The van der Waals surface area contributed by atoms with Crippen LogP contribution in [-0.2, 0) is 11.2 Å². The lowest BCUT2D eigenvalue weighted by atomic mass is 9.94. The predicted molar refractivity (Wildman–Crippen MR) is 116 cm³/mol. The molecular weight excluding hydrogens is 362 g/mol. The number of benzene rings is 1. The third-order valence-electron chi connectivity index (χ3n) is 6.54. The standard InChI is InChI=1S/C24H33N3O2/c28-23-18-27(24(29)10-7-15-26-13-5-1-2-6-14-26)17-20(23)16-19-11-12-25-22-9-4-3-8-21(19)22/h3-4,8-9,11-12,20,23,28H,1-2,5-7,10,13-18H2/t20-,23+/m1/s1. The fourth-order valence-electron chi connectivity index (χ4n) is 4.85. The average molecular weight is 396 g/mol. The van der Waals surface area contributed by atoms with Crippen LogP contribution in [0, 0.1) is 5.92 Å². The molecule has 29 heavy (non-hydrogen) atoms. The third kappa shape index (κ3) is 5.14. The Kier molecular flexibility index (Phi) is 6.78. The fourth-order valence-corrected chi connectivity index (χ4v) is 4.85. The Hall–Kier alpha value is -1.98. The number of carbonyl (C=O) groups is 1. The van der Waals surface area contributed by atoms with Gasteiger partial charge in [-0.25, -0.2) is 0 Å². The number of hydrogen-bond acceptors (Lipinski definition) is 4. The van der Waals surface area contributed by atoms with E-state index in [4.69, 9.17) is 0 Å². The minimum absolute atomic E-state index is 0.0929.